The van der Waals surface area contributed by atoms with E-state index in [1.807, 2.05) is 0 Å². The van der Waals surface area contributed by atoms with Crippen LogP contribution >= 0.6 is 22.9 Å². The summed E-state index contributed by atoms with van der Waals surface area (Å²) in [5, 5.41) is 4.45. The van der Waals surface area contributed by atoms with Gasteiger partial charge in [0.05, 0.1) is 17.6 Å². The average Bonchev–Trinajstić information content (AvgIpc) is 3.03. The lowest BCUT2D eigenvalue weighted by molar-refractivity contribution is -0.141. The highest BCUT2D eigenvalue weighted by Gasteiger charge is 2.40. The number of rotatable bonds is 4. The van der Waals surface area contributed by atoms with Gasteiger partial charge in [-0.2, -0.15) is 18.3 Å². The van der Waals surface area contributed by atoms with Gasteiger partial charge in [0.2, 0.25) is 0 Å². The normalized spacial score (nSPS) is 11.4. The number of thiophene rings is 1. The average molecular weight is 425 g/mol. The minimum Gasteiger partial charge on any atom is -0.465 e. The zero-order chi connectivity index (χ0) is 20.7. The Kier molecular flexibility index (Phi) is 5.52. The molecule has 8 nitrogen and oxygen atoms in total. The van der Waals surface area contributed by atoms with Crippen molar-refractivity contribution in [2.45, 2.75) is 13.1 Å². The predicted octanol–water partition coefficient (Wildman–Crippen LogP) is 2.60. The number of hydrogen-bond donors (Lipinski definition) is 2. The molecule has 146 valence electrons. The van der Waals surface area contributed by atoms with E-state index in [2.05, 4.69) is 15.2 Å². The molecule has 0 fully saturated rings. The van der Waals surface area contributed by atoms with Crippen LogP contribution in [-0.2, 0) is 18.0 Å². The van der Waals surface area contributed by atoms with Gasteiger partial charge >= 0.3 is 12.1 Å². The van der Waals surface area contributed by atoms with Gasteiger partial charge in [-0.05, 0) is 12.5 Å². The van der Waals surface area contributed by atoms with Gasteiger partial charge in [-0.3, -0.25) is 14.3 Å². The molecule has 0 unspecified atom stereocenters. The number of esters is 1. The smallest absolute Gasteiger partial charge is 0.436 e. The molecular weight excluding hydrogens is 413 g/mol. The molecule has 0 aliphatic heterocycles. The van der Waals surface area contributed by atoms with E-state index in [9.17, 15) is 27.6 Å². The number of nitrogens with one attached hydrogen (secondary N) is 1. The van der Waals surface area contributed by atoms with Crippen LogP contribution in [0.15, 0.2) is 0 Å². The second kappa shape index (κ2) is 7.19. The second-order valence-electron chi connectivity index (χ2n) is 5.20. The van der Waals surface area contributed by atoms with E-state index in [0.717, 1.165) is 14.2 Å². The summed E-state index contributed by atoms with van der Waals surface area (Å²) in [6.45, 7) is 1.41. The molecule has 2 aromatic heterocycles. The molecule has 0 atom stereocenters. The summed E-state index contributed by atoms with van der Waals surface area (Å²) in [5.74, 6) is -2.77. The molecule has 0 bridgehead atoms. The number of nitrogens with two attached hydrogens (primary N) is 1. The van der Waals surface area contributed by atoms with Crippen LogP contribution in [0.5, 0.6) is 0 Å². The number of aromatic nitrogens is 2. The topological polar surface area (TPSA) is 116 Å². The maximum absolute atomic E-state index is 12.9. The molecule has 2 amide bonds. The number of aryl methyl sites for hydroxylation is 1. The third-order valence-corrected chi connectivity index (χ3v) is 5.04. The molecule has 0 radical (unpaired) electrons. The van der Waals surface area contributed by atoms with Gasteiger partial charge in [0.1, 0.15) is 15.7 Å². The third-order valence-electron chi connectivity index (χ3n) is 3.46. The van der Waals surface area contributed by atoms with Crippen molar-refractivity contribution in [1.29, 1.82) is 0 Å². The number of ether oxygens (including phenoxy) is 1. The fourth-order valence-corrected chi connectivity index (χ4v) is 3.67. The maximum Gasteiger partial charge on any atom is 0.436 e. The fraction of sp³-hybridized carbons (Fsp3) is 0.286. The minimum atomic E-state index is -4.86. The third kappa shape index (κ3) is 3.76. The summed E-state index contributed by atoms with van der Waals surface area (Å²) in [7, 11) is 2.19. The van der Waals surface area contributed by atoms with E-state index in [0.29, 0.717) is 16.0 Å². The van der Waals surface area contributed by atoms with Crippen molar-refractivity contribution >= 4 is 45.7 Å². The van der Waals surface area contributed by atoms with Crippen molar-refractivity contribution in [2.24, 2.45) is 12.8 Å². The molecule has 27 heavy (non-hydrogen) atoms. The Labute approximate surface area is 159 Å². The lowest BCUT2D eigenvalue weighted by Gasteiger charge is -2.07. The Hall–Kier alpha value is -2.60. The molecule has 2 rings (SSSR count). The van der Waals surface area contributed by atoms with Crippen LogP contribution in [0.4, 0.5) is 18.2 Å². The van der Waals surface area contributed by atoms with Crippen LogP contribution in [0.3, 0.4) is 0 Å². The number of methoxy groups -OCH3 is 1. The standard InChI is InChI=1S/C14H12ClF3N4O4S/c1-4-5(13(25)26-3)12(27-8(4)10(19)23)20-11(24)7-6(15)9(14(16,17)18)21-22(7)2/h1-3H3,(H2,19,23)(H,20,24). The Balaban J connectivity index is 2.51. The second-order valence-corrected chi connectivity index (χ2v) is 6.60. The van der Waals surface area contributed by atoms with E-state index < -0.39 is 40.4 Å². The van der Waals surface area contributed by atoms with Crippen LogP contribution in [0.2, 0.25) is 5.02 Å². The Morgan fingerprint density at radius 2 is 1.93 bits per heavy atom. The summed E-state index contributed by atoms with van der Waals surface area (Å²) >= 11 is 6.35. The van der Waals surface area contributed by atoms with Crippen molar-refractivity contribution in [3.63, 3.8) is 0 Å². The van der Waals surface area contributed by atoms with Gasteiger partial charge in [0, 0.05) is 7.05 Å². The summed E-state index contributed by atoms with van der Waals surface area (Å²) in [5.41, 5.74) is 3.25. The molecular formula is C14H12ClF3N4O4S. The van der Waals surface area contributed by atoms with Gasteiger partial charge in [-0.1, -0.05) is 11.6 Å². The summed E-state index contributed by atoms with van der Waals surface area (Å²) in [4.78, 5) is 35.9. The zero-order valence-corrected chi connectivity index (χ0v) is 15.6. The van der Waals surface area contributed by atoms with E-state index in [1.165, 1.54) is 6.92 Å². The Bertz CT molecular complexity index is 951. The van der Waals surface area contributed by atoms with Crippen LogP contribution in [0.1, 0.15) is 41.8 Å². The number of amides is 2. The highest BCUT2D eigenvalue weighted by Crippen LogP contribution is 2.37. The van der Waals surface area contributed by atoms with Gasteiger partial charge in [-0.25, -0.2) is 4.79 Å². The number of nitrogens with zero attached hydrogens (tertiary/aromatic N) is 2. The minimum absolute atomic E-state index is 0.0159. The lowest BCUT2D eigenvalue weighted by Crippen LogP contribution is -2.18. The molecule has 3 N–H and O–H groups in total. The van der Waals surface area contributed by atoms with Crippen LogP contribution in [0.25, 0.3) is 0 Å². The van der Waals surface area contributed by atoms with Gasteiger partial charge < -0.3 is 15.8 Å². The number of alkyl halides is 3. The van der Waals surface area contributed by atoms with E-state index in [4.69, 9.17) is 17.3 Å². The van der Waals surface area contributed by atoms with Crippen LogP contribution in [-0.4, -0.2) is 34.7 Å². The quantitative estimate of drug-likeness (QED) is 0.732. The summed E-state index contributed by atoms with van der Waals surface area (Å²) in [6, 6.07) is 0. The first-order valence-corrected chi connectivity index (χ1v) is 8.22. The first kappa shape index (κ1) is 20.7. The number of carbonyl (C=O) groups is 3. The predicted molar refractivity (Wildman–Crippen MR) is 90.1 cm³/mol. The lowest BCUT2D eigenvalue weighted by atomic mass is 10.1. The molecule has 0 saturated carbocycles. The molecule has 13 heteroatoms. The van der Waals surface area contributed by atoms with Crippen molar-refractivity contribution in [1.82, 2.24) is 9.78 Å². The van der Waals surface area contributed by atoms with Crippen molar-refractivity contribution in [3.05, 3.63) is 32.4 Å². The number of primary amides is 1. The molecule has 0 aliphatic carbocycles. The first-order valence-electron chi connectivity index (χ1n) is 7.02. The van der Waals surface area contributed by atoms with E-state index in [1.54, 1.807) is 0 Å². The molecule has 2 heterocycles. The fourth-order valence-electron chi connectivity index (χ4n) is 2.27. The number of carbonyl (C=O) groups excluding carboxylic acids is 3. The van der Waals surface area contributed by atoms with Crippen molar-refractivity contribution < 1.29 is 32.3 Å². The summed E-state index contributed by atoms with van der Waals surface area (Å²) < 4.78 is 43.9. The molecule has 0 aliphatic rings. The van der Waals surface area contributed by atoms with Gasteiger partial charge in [-0.15, -0.1) is 11.3 Å². The summed E-state index contributed by atoms with van der Waals surface area (Å²) in [6.07, 6.45) is -4.86. The van der Waals surface area contributed by atoms with Crippen molar-refractivity contribution in [2.75, 3.05) is 12.4 Å². The van der Waals surface area contributed by atoms with Crippen LogP contribution in [0, 0.1) is 6.92 Å². The Morgan fingerprint density at radius 1 is 1.33 bits per heavy atom. The monoisotopic (exact) mass is 424 g/mol. The van der Waals surface area contributed by atoms with E-state index in [-0.39, 0.29) is 21.0 Å². The molecule has 0 aromatic carbocycles. The van der Waals surface area contributed by atoms with Crippen molar-refractivity contribution in [3.8, 4) is 0 Å². The number of hydrogen-bond acceptors (Lipinski definition) is 6. The maximum atomic E-state index is 12.9. The first-order chi connectivity index (χ1) is 12.4. The molecule has 0 spiro atoms. The van der Waals surface area contributed by atoms with Crippen LogP contribution < -0.4 is 11.1 Å². The SMILES string of the molecule is COC(=O)c1c(NC(=O)c2c(Cl)c(C(F)(F)F)nn2C)sc(C(N)=O)c1C. The highest BCUT2D eigenvalue weighted by atomic mass is 35.5. The highest BCUT2D eigenvalue weighted by molar-refractivity contribution is 7.18. The molecule has 0 saturated heterocycles. The van der Waals surface area contributed by atoms with Gasteiger partial charge in [0.25, 0.3) is 11.8 Å². The zero-order valence-electron chi connectivity index (χ0n) is 14.0. The molecule has 2 aromatic rings. The van der Waals surface area contributed by atoms with Gasteiger partial charge in [0.15, 0.2) is 5.69 Å². The van der Waals surface area contributed by atoms with E-state index >= 15 is 0 Å². The number of anilines is 1. The largest absolute Gasteiger partial charge is 0.465 e. The number of halogens is 4. The Morgan fingerprint density at radius 3 is 2.37 bits per heavy atom.